The quantitative estimate of drug-likeness (QED) is 0.606. The monoisotopic (exact) mass is 457 g/mol. The van der Waals surface area contributed by atoms with E-state index in [0.717, 1.165) is 23.5 Å². The molecule has 6 nitrogen and oxygen atoms in total. The van der Waals surface area contributed by atoms with Crippen molar-refractivity contribution in [3.05, 3.63) is 57.7 Å². The number of benzene rings is 2. The van der Waals surface area contributed by atoms with Crippen LogP contribution in [0.1, 0.15) is 5.56 Å². The summed E-state index contributed by atoms with van der Waals surface area (Å²) in [6.07, 6.45) is -4.43. The van der Waals surface area contributed by atoms with E-state index in [1.807, 2.05) is 0 Å². The minimum absolute atomic E-state index is 0.101. The number of halogens is 3. The van der Waals surface area contributed by atoms with E-state index in [0.29, 0.717) is 15.9 Å². The number of aromatic nitrogens is 1. The first-order valence-corrected chi connectivity index (χ1v) is 11.3. The number of hydrogen-bond donors (Lipinski definition) is 0. The molecular formula is C19H18F3N3O3S2. The minimum atomic E-state index is -4.43. The van der Waals surface area contributed by atoms with Crippen LogP contribution in [-0.2, 0) is 23.2 Å². The maximum Gasteiger partial charge on any atom is 0.416 e. The van der Waals surface area contributed by atoms with E-state index in [1.54, 1.807) is 24.1 Å². The highest BCUT2D eigenvalue weighted by Crippen LogP contribution is 2.32. The number of piperazine rings is 1. The molecule has 1 aromatic heterocycles. The smallest absolute Gasteiger partial charge is 0.369 e. The fourth-order valence-electron chi connectivity index (χ4n) is 3.49. The molecule has 0 radical (unpaired) electrons. The zero-order chi connectivity index (χ0) is 21.7. The standard InChI is InChI=1S/C19H18F3N3O3S2/c1-23-16-6-5-15(12-17(16)29-18(23)26)30(27,28)25-9-7-24(8-10-25)14-4-2-3-13(11-14)19(20,21)22/h2-6,11-12H,7-10H2,1H3. The second-order valence-electron chi connectivity index (χ2n) is 7.00. The van der Waals surface area contributed by atoms with Crippen LogP contribution < -0.4 is 9.77 Å². The lowest BCUT2D eigenvalue weighted by molar-refractivity contribution is -0.137. The fourth-order valence-corrected chi connectivity index (χ4v) is 5.93. The molecule has 0 aliphatic carbocycles. The second kappa shape index (κ2) is 7.40. The highest BCUT2D eigenvalue weighted by Gasteiger charge is 2.32. The summed E-state index contributed by atoms with van der Waals surface area (Å²) in [5, 5.41) is 0. The molecule has 2 heterocycles. The van der Waals surface area contributed by atoms with Crippen LogP contribution in [0.25, 0.3) is 10.2 Å². The Labute approximate surface area is 174 Å². The van der Waals surface area contributed by atoms with Crippen molar-refractivity contribution in [2.45, 2.75) is 11.1 Å². The minimum Gasteiger partial charge on any atom is -0.369 e. The molecule has 3 aromatic rings. The zero-order valence-electron chi connectivity index (χ0n) is 15.9. The second-order valence-corrected chi connectivity index (χ2v) is 9.93. The topological polar surface area (TPSA) is 62.6 Å². The van der Waals surface area contributed by atoms with Gasteiger partial charge in [0.1, 0.15) is 0 Å². The molecule has 1 aliphatic heterocycles. The Hall–Kier alpha value is -2.37. The molecule has 0 amide bonds. The zero-order valence-corrected chi connectivity index (χ0v) is 17.5. The Morgan fingerprint density at radius 1 is 1.00 bits per heavy atom. The van der Waals surface area contributed by atoms with Crippen LogP contribution >= 0.6 is 11.3 Å². The number of alkyl halides is 3. The average molecular weight is 457 g/mol. The molecule has 0 N–H and O–H groups in total. The number of thiazole rings is 1. The van der Waals surface area contributed by atoms with Gasteiger partial charge in [0.05, 0.1) is 20.7 Å². The van der Waals surface area contributed by atoms with E-state index in [2.05, 4.69) is 0 Å². The van der Waals surface area contributed by atoms with Crippen molar-refractivity contribution < 1.29 is 21.6 Å². The largest absolute Gasteiger partial charge is 0.416 e. The number of nitrogens with zero attached hydrogens (tertiary/aromatic N) is 3. The highest BCUT2D eigenvalue weighted by atomic mass is 32.2. The van der Waals surface area contributed by atoms with E-state index >= 15 is 0 Å². The van der Waals surface area contributed by atoms with Crippen molar-refractivity contribution >= 4 is 37.3 Å². The fraction of sp³-hybridized carbons (Fsp3) is 0.316. The van der Waals surface area contributed by atoms with E-state index in [-0.39, 0.29) is 35.9 Å². The molecule has 160 valence electrons. The lowest BCUT2D eigenvalue weighted by Crippen LogP contribution is -2.48. The van der Waals surface area contributed by atoms with Crippen molar-refractivity contribution in [3.8, 4) is 0 Å². The highest BCUT2D eigenvalue weighted by molar-refractivity contribution is 7.89. The van der Waals surface area contributed by atoms with Gasteiger partial charge in [0.25, 0.3) is 0 Å². The van der Waals surface area contributed by atoms with E-state index in [1.165, 1.54) is 27.1 Å². The number of aryl methyl sites for hydroxylation is 1. The van der Waals surface area contributed by atoms with Crippen LogP contribution in [0.2, 0.25) is 0 Å². The van der Waals surface area contributed by atoms with Gasteiger partial charge < -0.3 is 9.47 Å². The molecule has 30 heavy (non-hydrogen) atoms. The van der Waals surface area contributed by atoms with Crippen molar-refractivity contribution in [2.75, 3.05) is 31.1 Å². The van der Waals surface area contributed by atoms with Gasteiger partial charge in [-0.1, -0.05) is 17.4 Å². The predicted octanol–water partition coefficient (Wildman–Crippen LogP) is 3.13. The summed E-state index contributed by atoms with van der Waals surface area (Å²) in [4.78, 5) is 13.5. The first-order chi connectivity index (χ1) is 14.1. The summed E-state index contributed by atoms with van der Waals surface area (Å²) < 4.78 is 68.3. The summed E-state index contributed by atoms with van der Waals surface area (Å²) >= 11 is 0.981. The molecule has 11 heteroatoms. The predicted molar refractivity (Wildman–Crippen MR) is 109 cm³/mol. The lowest BCUT2D eigenvalue weighted by Gasteiger charge is -2.35. The third kappa shape index (κ3) is 3.72. The number of rotatable bonds is 3. The van der Waals surface area contributed by atoms with E-state index in [9.17, 15) is 26.4 Å². The van der Waals surface area contributed by atoms with Crippen LogP contribution in [0, 0.1) is 0 Å². The van der Waals surface area contributed by atoms with Crippen LogP contribution in [0.3, 0.4) is 0 Å². The van der Waals surface area contributed by atoms with Gasteiger partial charge in [-0.2, -0.15) is 17.5 Å². The van der Waals surface area contributed by atoms with Gasteiger partial charge >= 0.3 is 11.0 Å². The molecule has 1 fully saturated rings. The maximum absolute atomic E-state index is 13.0. The van der Waals surface area contributed by atoms with Crippen LogP contribution in [0.4, 0.5) is 18.9 Å². The molecule has 0 saturated carbocycles. The average Bonchev–Trinajstić information content (AvgIpc) is 3.01. The molecule has 1 aliphatic rings. The number of fused-ring (bicyclic) bond motifs is 1. The lowest BCUT2D eigenvalue weighted by atomic mass is 10.1. The van der Waals surface area contributed by atoms with Crippen LogP contribution in [0.5, 0.6) is 0 Å². The molecule has 1 saturated heterocycles. The van der Waals surface area contributed by atoms with Gasteiger partial charge in [-0.05, 0) is 36.4 Å². The summed E-state index contributed by atoms with van der Waals surface area (Å²) in [5.41, 5.74) is 0.348. The number of sulfonamides is 1. The Bertz CT molecular complexity index is 1260. The Morgan fingerprint density at radius 3 is 2.37 bits per heavy atom. The summed E-state index contributed by atoms with van der Waals surface area (Å²) in [6.45, 7) is 0.867. The first kappa shape index (κ1) is 20.9. The first-order valence-electron chi connectivity index (χ1n) is 9.09. The number of anilines is 1. The molecule has 0 unspecified atom stereocenters. The van der Waals surface area contributed by atoms with Gasteiger partial charge in [-0.25, -0.2) is 8.42 Å². The van der Waals surface area contributed by atoms with Crippen molar-refractivity contribution in [3.63, 3.8) is 0 Å². The molecule has 4 rings (SSSR count). The SMILES string of the molecule is Cn1c(=O)sc2cc(S(=O)(=O)N3CCN(c4cccc(C(F)(F)F)c4)CC3)ccc21. The number of hydrogen-bond acceptors (Lipinski definition) is 5. The molecule has 0 spiro atoms. The van der Waals surface area contributed by atoms with Crippen LogP contribution in [0.15, 0.2) is 52.2 Å². The molecular weight excluding hydrogens is 439 g/mol. The summed E-state index contributed by atoms with van der Waals surface area (Å²) in [7, 11) is -2.14. The summed E-state index contributed by atoms with van der Waals surface area (Å²) in [5.74, 6) is 0. The van der Waals surface area contributed by atoms with E-state index in [4.69, 9.17) is 0 Å². The van der Waals surface area contributed by atoms with Gasteiger partial charge in [0.2, 0.25) is 10.0 Å². The third-order valence-electron chi connectivity index (χ3n) is 5.18. The Morgan fingerprint density at radius 2 is 1.70 bits per heavy atom. The van der Waals surface area contributed by atoms with E-state index < -0.39 is 21.8 Å². The van der Waals surface area contributed by atoms with Gasteiger partial charge in [0.15, 0.2) is 0 Å². The van der Waals surface area contributed by atoms with Crippen molar-refractivity contribution in [1.29, 1.82) is 0 Å². The van der Waals surface area contributed by atoms with Gasteiger partial charge in [-0.3, -0.25) is 4.79 Å². The normalized spacial score (nSPS) is 16.3. The molecule has 0 atom stereocenters. The Kier molecular flexibility index (Phi) is 5.15. The van der Waals surface area contributed by atoms with Gasteiger partial charge in [-0.15, -0.1) is 0 Å². The third-order valence-corrected chi connectivity index (χ3v) is 8.07. The van der Waals surface area contributed by atoms with Crippen LogP contribution in [-0.4, -0.2) is 43.5 Å². The van der Waals surface area contributed by atoms with Gasteiger partial charge in [0, 0.05) is 38.9 Å². The van der Waals surface area contributed by atoms with Crippen molar-refractivity contribution in [2.24, 2.45) is 7.05 Å². The molecule has 2 aromatic carbocycles. The Balaban J connectivity index is 1.53. The molecule has 0 bridgehead atoms. The maximum atomic E-state index is 13.0. The van der Waals surface area contributed by atoms with Crippen molar-refractivity contribution in [1.82, 2.24) is 8.87 Å². The summed E-state index contributed by atoms with van der Waals surface area (Å²) in [6, 6.07) is 9.61.